The Kier molecular flexibility index (Phi) is 5.66. The van der Waals surface area contributed by atoms with Gasteiger partial charge in [0.25, 0.3) is 0 Å². The van der Waals surface area contributed by atoms with E-state index in [4.69, 9.17) is 9.15 Å². The third-order valence-corrected chi connectivity index (χ3v) is 2.92. The monoisotopic (exact) mass is 290 g/mol. The molecule has 5 nitrogen and oxygen atoms in total. The maximum atomic E-state index is 9.74. The maximum Gasteiger partial charge on any atom is 0.122 e. The van der Waals surface area contributed by atoms with Gasteiger partial charge >= 0.3 is 0 Å². The summed E-state index contributed by atoms with van der Waals surface area (Å²) in [7, 11) is 3.84. The number of aliphatic hydroxyl groups excluding tert-OH is 1. The fourth-order valence-corrected chi connectivity index (χ4v) is 1.94. The van der Waals surface area contributed by atoms with Gasteiger partial charge in [-0.2, -0.15) is 0 Å². The van der Waals surface area contributed by atoms with Crippen LogP contribution in [-0.4, -0.2) is 43.4 Å². The Morgan fingerprint density at radius 2 is 2.00 bits per heavy atom. The molecule has 0 fully saturated rings. The molecule has 2 aromatic rings. The Hall–Kier alpha value is -1.98. The Morgan fingerprint density at radius 1 is 1.24 bits per heavy atom. The molecule has 0 saturated heterocycles. The van der Waals surface area contributed by atoms with Crippen LogP contribution in [0, 0.1) is 0 Å². The van der Waals surface area contributed by atoms with E-state index in [2.05, 4.69) is 5.32 Å². The molecule has 1 aromatic carbocycles. The van der Waals surface area contributed by atoms with E-state index in [0.29, 0.717) is 13.1 Å². The van der Waals surface area contributed by atoms with Crippen LogP contribution in [0.2, 0.25) is 0 Å². The molecular weight excluding hydrogens is 268 g/mol. The van der Waals surface area contributed by atoms with Gasteiger partial charge in [-0.05, 0) is 50.5 Å². The SMILES string of the molecule is CN(C)CC(O)COc1ccc(NCc2ccco2)cc1. The summed E-state index contributed by atoms with van der Waals surface area (Å²) in [5, 5.41) is 13.0. The summed E-state index contributed by atoms with van der Waals surface area (Å²) in [6, 6.07) is 11.4. The van der Waals surface area contributed by atoms with Crippen LogP contribution in [0.5, 0.6) is 5.75 Å². The zero-order valence-electron chi connectivity index (χ0n) is 12.5. The highest BCUT2D eigenvalue weighted by atomic mass is 16.5. The summed E-state index contributed by atoms with van der Waals surface area (Å²) >= 11 is 0. The molecule has 0 radical (unpaired) electrons. The minimum Gasteiger partial charge on any atom is -0.491 e. The van der Waals surface area contributed by atoms with Gasteiger partial charge in [-0.1, -0.05) is 0 Å². The van der Waals surface area contributed by atoms with E-state index >= 15 is 0 Å². The third-order valence-electron chi connectivity index (χ3n) is 2.92. The number of nitrogens with zero attached hydrogens (tertiary/aromatic N) is 1. The first-order chi connectivity index (χ1) is 10.1. The molecule has 5 heteroatoms. The molecule has 114 valence electrons. The lowest BCUT2D eigenvalue weighted by Gasteiger charge is -2.16. The van der Waals surface area contributed by atoms with E-state index in [0.717, 1.165) is 17.2 Å². The summed E-state index contributed by atoms with van der Waals surface area (Å²) in [5.74, 6) is 1.64. The van der Waals surface area contributed by atoms with Crippen molar-refractivity contribution in [3.8, 4) is 5.75 Å². The van der Waals surface area contributed by atoms with Crippen molar-refractivity contribution in [2.24, 2.45) is 0 Å². The normalized spacial score (nSPS) is 12.4. The standard InChI is InChI=1S/C16H22N2O3/c1-18(2)11-14(19)12-21-15-7-5-13(6-8-15)17-10-16-4-3-9-20-16/h3-9,14,17,19H,10-12H2,1-2H3. The molecule has 0 bridgehead atoms. The number of hydrogen-bond donors (Lipinski definition) is 2. The number of anilines is 1. The van der Waals surface area contributed by atoms with Crippen LogP contribution in [0.4, 0.5) is 5.69 Å². The number of benzene rings is 1. The lowest BCUT2D eigenvalue weighted by molar-refractivity contribution is 0.0831. The van der Waals surface area contributed by atoms with Crippen LogP contribution < -0.4 is 10.1 Å². The van der Waals surface area contributed by atoms with Gasteiger partial charge in [-0.25, -0.2) is 0 Å². The molecule has 1 unspecified atom stereocenters. The van der Waals surface area contributed by atoms with Crippen LogP contribution in [0.1, 0.15) is 5.76 Å². The van der Waals surface area contributed by atoms with Crippen LogP contribution in [0.25, 0.3) is 0 Å². The third kappa shape index (κ3) is 5.49. The fourth-order valence-electron chi connectivity index (χ4n) is 1.94. The van der Waals surface area contributed by atoms with E-state index in [1.54, 1.807) is 6.26 Å². The summed E-state index contributed by atoms with van der Waals surface area (Å²) in [6.07, 6.45) is 1.17. The van der Waals surface area contributed by atoms with Gasteiger partial charge in [0.05, 0.1) is 12.8 Å². The smallest absolute Gasteiger partial charge is 0.122 e. The first-order valence-corrected chi connectivity index (χ1v) is 6.95. The summed E-state index contributed by atoms with van der Waals surface area (Å²) in [4.78, 5) is 1.93. The average Bonchev–Trinajstić information content (AvgIpc) is 2.96. The van der Waals surface area contributed by atoms with Crippen molar-refractivity contribution < 1.29 is 14.3 Å². The van der Waals surface area contributed by atoms with Crippen molar-refractivity contribution in [1.29, 1.82) is 0 Å². The molecule has 0 aliphatic rings. The summed E-state index contributed by atoms with van der Waals surface area (Å²) in [6.45, 7) is 1.52. The number of likely N-dealkylation sites (N-methyl/N-ethyl adjacent to an activating group) is 1. The Bertz CT molecular complexity index is 509. The highest BCUT2D eigenvalue weighted by Crippen LogP contribution is 2.16. The van der Waals surface area contributed by atoms with Gasteiger partial charge in [0.2, 0.25) is 0 Å². The number of ether oxygens (including phenoxy) is 1. The summed E-state index contributed by atoms with van der Waals surface area (Å²) < 4.78 is 10.8. The first-order valence-electron chi connectivity index (χ1n) is 6.95. The van der Waals surface area contributed by atoms with Gasteiger partial charge in [-0.15, -0.1) is 0 Å². The first kappa shape index (κ1) is 15.4. The zero-order chi connectivity index (χ0) is 15.1. The van der Waals surface area contributed by atoms with Crippen LogP contribution in [-0.2, 0) is 6.54 Å². The van der Waals surface area contributed by atoms with Gasteiger partial charge in [0.15, 0.2) is 0 Å². The highest BCUT2D eigenvalue weighted by molar-refractivity contribution is 5.46. The van der Waals surface area contributed by atoms with Gasteiger partial charge in [0, 0.05) is 12.2 Å². The molecule has 0 spiro atoms. The molecule has 0 saturated carbocycles. The minimum absolute atomic E-state index is 0.289. The van der Waals surface area contributed by atoms with Crippen molar-refractivity contribution in [1.82, 2.24) is 4.90 Å². The molecule has 21 heavy (non-hydrogen) atoms. The lowest BCUT2D eigenvalue weighted by atomic mass is 10.3. The highest BCUT2D eigenvalue weighted by Gasteiger charge is 2.06. The quantitative estimate of drug-likeness (QED) is 0.780. The zero-order valence-corrected chi connectivity index (χ0v) is 12.5. The second-order valence-electron chi connectivity index (χ2n) is 5.18. The molecule has 2 rings (SSSR count). The average molecular weight is 290 g/mol. The predicted molar refractivity (Wildman–Crippen MR) is 82.5 cm³/mol. The largest absolute Gasteiger partial charge is 0.491 e. The number of hydrogen-bond acceptors (Lipinski definition) is 5. The van der Waals surface area contributed by atoms with Crippen LogP contribution in [0.15, 0.2) is 47.1 Å². The van der Waals surface area contributed by atoms with E-state index in [9.17, 15) is 5.11 Å². The van der Waals surface area contributed by atoms with Crippen molar-refractivity contribution in [3.63, 3.8) is 0 Å². The molecule has 0 amide bonds. The van der Waals surface area contributed by atoms with E-state index in [1.807, 2.05) is 55.4 Å². The Labute approximate surface area is 125 Å². The van der Waals surface area contributed by atoms with E-state index in [-0.39, 0.29) is 6.61 Å². The Morgan fingerprint density at radius 3 is 2.62 bits per heavy atom. The van der Waals surface area contributed by atoms with Crippen LogP contribution in [0.3, 0.4) is 0 Å². The number of rotatable bonds is 8. The Balaban J connectivity index is 1.76. The minimum atomic E-state index is -0.489. The van der Waals surface area contributed by atoms with Gasteiger partial charge in [-0.3, -0.25) is 0 Å². The number of nitrogens with one attached hydrogen (secondary N) is 1. The number of aliphatic hydroxyl groups is 1. The lowest BCUT2D eigenvalue weighted by Crippen LogP contribution is -2.30. The van der Waals surface area contributed by atoms with Crippen LogP contribution >= 0.6 is 0 Å². The summed E-state index contributed by atoms with van der Waals surface area (Å²) in [5.41, 5.74) is 0.993. The van der Waals surface area contributed by atoms with Crippen molar-refractivity contribution in [2.45, 2.75) is 12.6 Å². The topological polar surface area (TPSA) is 57.9 Å². The molecular formula is C16H22N2O3. The molecule has 0 aliphatic carbocycles. The fraction of sp³-hybridized carbons (Fsp3) is 0.375. The van der Waals surface area contributed by atoms with Crippen molar-refractivity contribution >= 4 is 5.69 Å². The molecule has 1 aromatic heterocycles. The van der Waals surface area contributed by atoms with Gasteiger partial charge < -0.3 is 24.5 Å². The van der Waals surface area contributed by atoms with E-state index in [1.165, 1.54) is 0 Å². The second kappa shape index (κ2) is 7.71. The number of furan rings is 1. The molecule has 0 aliphatic heterocycles. The molecule has 1 atom stereocenters. The second-order valence-corrected chi connectivity index (χ2v) is 5.18. The van der Waals surface area contributed by atoms with Gasteiger partial charge in [0.1, 0.15) is 24.2 Å². The van der Waals surface area contributed by atoms with Crippen molar-refractivity contribution in [2.75, 3.05) is 32.6 Å². The molecule has 1 heterocycles. The maximum absolute atomic E-state index is 9.74. The van der Waals surface area contributed by atoms with Crippen molar-refractivity contribution in [3.05, 3.63) is 48.4 Å². The predicted octanol–water partition coefficient (Wildman–Crippen LogP) is 2.19. The molecule has 2 N–H and O–H groups in total. The van der Waals surface area contributed by atoms with E-state index < -0.39 is 6.10 Å².